The van der Waals surface area contributed by atoms with E-state index in [0.717, 1.165) is 101 Å². The number of carbonyl (C=O) groups excluding carboxylic acids is 2. The molecule has 2 bridgehead atoms. The fourth-order valence-electron chi connectivity index (χ4n) is 9.73. The monoisotopic (exact) mass is 813 g/mol. The van der Waals surface area contributed by atoms with Gasteiger partial charge in [-0.15, -0.1) is 0 Å². The van der Waals surface area contributed by atoms with E-state index in [9.17, 15) is 14.9 Å². The van der Waals surface area contributed by atoms with Crippen LogP contribution in [0.25, 0.3) is 28.0 Å². The third-order valence-corrected chi connectivity index (χ3v) is 13.2. The highest BCUT2D eigenvalue weighted by Gasteiger charge is 2.36. The van der Waals surface area contributed by atoms with Gasteiger partial charge in [0.2, 0.25) is 11.8 Å². The summed E-state index contributed by atoms with van der Waals surface area (Å²) < 4.78 is 24.9. The van der Waals surface area contributed by atoms with Gasteiger partial charge in [0.15, 0.2) is 0 Å². The number of hydrogen-bond acceptors (Lipinski definition) is 13. The summed E-state index contributed by atoms with van der Waals surface area (Å²) in [4.78, 5) is 43.0. The zero-order valence-electron chi connectivity index (χ0n) is 33.6. The number of halogens is 1. The van der Waals surface area contributed by atoms with Crippen LogP contribution in [0.5, 0.6) is 0 Å². The van der Waals surface area contributed by atoms with Crippen molar-refractivity contribution in [3.8, 4) is 28.6 Å². The number of benzene rings is 1. The lowest BCUT2D eigenvalue weighted by molar-refractivity contribution is -0.133. The summed E-state index contributed by atoms with van der Waals surface area (Å²) in [5, 5.41) is 24.7. The highest BCUT2D eigenvalue weighted by Crippen LogP contribution is 2.35. The van der Waals surface area contributed by atoms with Crippen LogP contribution in [0.2, 0.25) is 0 Å². The molecule has 2 N–H and O–H groups in total. The van der Waals surface area contributed by atoms with Gasteiger partial charge in [-0.1, -0.05) is 0 Å². The SMILES string of the molecule is CN1[C@@H]2COC[C@H]1CN(c1ccc(-c3nc(-c4cnn(C5CCC(N6CCN(c7ccc(NC8CCC(=O)NC8=O)cc7F)CC6)CC5)c4)cn4ncc(C#N)c34)cn1)C2. The van der Waals surface area contributed by atoms with Gasteiger partial charge in [-0.2, -0.15) is 15.5 Å². The Morgan fingerprint density at radius 2 is 1.65 bits per heavy atom. The van der Waals surface area contributed by atoms with Crippen molar-refractivity contribution in [3.63, 3.8) is 0 Å². The van der Waals surface area contributed by atoms with Crippen LogP contribution in [0, 0.1) is 17.1 Å². The normalized spacial score (nSPS) is 25.3. The molecule has 4 aliphatic heterocycles. The number of rotatable bonds is 8. The highest BCUT2D eigenvalue weighted by atomic mass is 19.1. The molecule has 4 aromatic heterocycles. The summed E-state index contributed by atoms with van der Waals surface area (Å²) in [5.74, 6) is -0.0607. The minimum Gasteiger partial charge on any atom is -0.378 e. The third kappa shape index (κ3) is 7.33. The zero-order chi connectivity index (χ0) is 40.9. The lowest BCUT2D eigenvalue weighted by atomic mass is 9.90. The average molecular weight is 814 g/mol. The van der Waals surface area contributed by atoms with Crippen molar-refractivity contribution >= 4 is 34.5 Å². The fraction of sp³-hybridized carbons (Fsp3) is 0.465. The van der Waals surface area contributed by atoms with Gasteiger partial charge in [-0.05, 0) is 69.5 Å². The molecule has 1 unspecified atom stereocenters. The molecule has 1 aliphatic carbocycles. The van der Waals surface area contributed by atoms with Gasteiger partial charge in [-0.3, -0.25) is 29.4 Å². The minimum absolute atomic E-state index is 0.264. The molecule has 0 radical (unpaired) electrons. The van der Waals surface area contributed by atoms with E-state index in [4.69, 9.17) is 19.8 Å². The Morgan fingerprint density at radius 1 is 0.867 bits per heavy atom. The van der Waals surface area contributed by atoms with Crippen LogP contribution in [-0.4, -0.2) is 135 Å². The number of likely N-dealkylation sites (N-methyl/N-ethyl adjacent to an activating group) is 1. The fourth-order valence-corrected chi connectivity index (χ4v) is 9.73. The maximum absolute atomic E-state index is 15.3. The first-order valence-electron chi connectivity index (χ1n) is 21.0. The van der Waals surface area contributed by atoms with Gasteiger partial charge < -0.3 is 19.9 Å². The van der Waals surface area contributed by atoms with E-state index in [2.05, 4.69) is 59.3 Å². The van der Waals surface area contributed by atoms with Crippen molar-refractivity contribution in [2.45, 2.75) is 68.7 Å². The molecule has 310 valence electrons. The molecule has 1 aromatic carbocycles. The van der Waals surface area contributed by atoms with E-state index < -0.39 is 6.04 Å². The summed E-state index contributed by atoms with van der Waals surface area (Å²) >= 11 is 0. The maximum atomic E-state index is 15.3. The predicted molar refractivity (Wildman–Crippen MR) is 222 cm³/mol. The van der Waals surface area contributed by atoms with Crippen molar-refractivity contribution in [1.29, 1.82) is 5.26 Å². The predicted octanol–water partition coefficient (Wildman–Crippen LogP) is 3.71. The lowest BCUT2D eigenvalue weighted by Crippen LogP contribution is -2.63. The van der Waals surface area contributed by atoms with Crippen molar-refractivity contribution in [1.82, 2.24) is 44.5 Å². The van der Waals surface area contributed by atoms with Gasteiger partial charge in [0.1, 0.15) is 34.8 Å². The Hall–Kier alpha value is -5.96. The van der Waals surface area contributed by atoms with E-state index in [1.807, 2.05) is 30.7 Å². The van der Waals surface area contributed by atoms with E-state index in [1.54, 1.807) is 22.8 Å². The standard InChI is InChI=1S/C43H48FN13O3/c1-52-33-22-55(23-34(52)26-60-25-33)39-10-2-27(18-46-39)41-42-28(17-45)19-48-57(42)24-37(50-41)29-20-47-56(21-29)32-6-4-31(5-7-32)53-12-14-54(15-13-53)38-9-3-30(16-35(38)44)49-36-8-11-40(58)51-43(36)59/h2-3,9-10,16,18-21,24,31-34,36,49H,4-8,11-15,22-23,25-26H2,1H3,(H,51,58,59)/t31?,32?,33-,34+,36?. The Balaban J connectivity index is 0.771. The number of piperazine rings is 2. The number of nitriles is 1. The maximum Gasteiger partial charge on any atom is 0.249 e. The molecular weight excluding hydrogens is 766 g/mol. The number of aromatic nitrogens is 6. The molecule has 4 saturated heterocycles. The summed E-state index contributed by atoms with van der Waals surface area (Å²) in [5.41, 5.74) is 5.26. The Kier molecular flexibility index (Phi) is 10.1. The quantitative estimate of drug-likeness (QED) is 0.218. The van der Waals surface area contributed by atoms with Crippen LogP contribution in [0.4, 0.5) is 21.6 Å². The molecule has 8 heterocycles. The highest BCUT2D eigenvalue weighted by molar-refractivity contribution is 6.01. The van der Waals surface area contributed by atoms with E-state index in [1.165, 1.54) is 6.07 Å². The molecule has 5 aromatic rings. The number of nitrogens with one attached hydrogen (secondary N) is 2. The number of morpholine rings is 1. The average Bonchev–Trinajstić information content (AvgIpc) is 3.93. The van der Waals surface area contributed by atoms with E-state index in [-0.39, 0.29) is 30.1 Å². The number of anilines is 3. The van der Waals surface area contributed by atoms with E-state index in [0.29, 0.717) is 52.7 Å². The summed E-state index contributed by atoms with van der Waals surface area (Å²) in [7, 11) is 2.18. The molecule has 60 heavy (non-hydrogen) atoms. The Morgan fingerprint density at radius 3 is 2.37 bits per heavy atom. The lowest BCUT2D eigenvalue weighted by Gasteiger charge is -2.48. The zero-order valence-corrected chi connectivity index (χ0v) is 33.6. The number of carbonyl (C=O) groups is 2. The number of imide groups is 1. The second-order valence-corrected chi connectivity index (χ2v) is 16.8. The van der Waals surface area contributed by atoms with Crippen LogP contribution in [0.1, 0.15) is 50.1 Å². The van der Waals surface area contributed by atoms with Crippen molar-refractivity contribution in [2.24, 2.45) is 0 Å². The van der Waals surface area contributed by atoms with Crippen molar-refractivity contribution in [2.75, 3.05) is 74.6 Å². The largest absolute Gasteiger partial charge is 0.378 e. The molecule has 1 saturated carbocycles. The van der Waals surface area contributed by atoms with Gasteiger partial charge in [0, 0.05) is 80.9 Å². The molecule has 3 atom stereocenters. The molecule has 5 aliphatic rings. The molecular formula is C43H48FN13O3. The molecule has 16 nitrogen and oxygen atoms in total. The number of amides is 2. The van der Waals surface area contributed by atoms with Gasteiger partial charge >= 0.3 is 0 Å². The topological polar surface area (TPSA) is 165 Å². The summed E-state index contributed by atoms with van der Waals surface area (Å²) in [6.45, 7) is 6.36. The second kappa shape index (κ2) is 15.9. The molecule has 10 rings (SSSR count). The van der Waals surface area contributed by atoms with Gasteiger partial charge in [-0.25, -0.2) is 18.9 Å². The number of hydrogen-bond donors (Lipinski definition) is 2. The third-order valence-electron chi connectivity index (χ3n) is 13.2. The van der Waals surface area contributed by atoms with Crippen LogP contribution >= 0.6 is 0 Å². The first kappa shape index (κ1) is 38.3. The van der Waals surface area contributed by atoms with Crippen molar-refractivity contribution in [3.05, 3.63) is 72.7 Å². The summed E-state index contributed by atoms with van der Waals surface area (Å²) in [6.07, 6.45) is 14.0. The van der Waals surface area contributed by atoms with Gasteiger partial charge in [0.05, 0.1) is 67.0 Å². The van der Waals surface area contributed by atoms with Crippen LogP contribution in [0.15, 0.2) is 61.3 Å². The number of piperidine rings is 1. The minimum atomic E-state index is -0.554. The Bertz CT molecular complexity index is 2430. The van der Waals surface area contributed by atoms with Crippen LogP contribution < -0.4 is 20.4 Å². The van der Waals surface area contributed by atoms with Crippen molar-refractivity contribution < 1.29 is 18.7 Å². The van der Waals surface area contributed by atoms with Crippen LogP contribution in [0.3, 0.4) is 0 Å². The molecule has 2 amide bonds. The molecule has 5 fully saturated rings. The van der Waals surface area contributed by atoms with Gasteiger partial charge in [0.25, 0.3) is 0 Å². The number of pyridine rings is 1. The summed E-state index contributed by atoms with van der Waals surface area (Å²) in [6, 6.07) is 12.2. The first-order chi connectivity index (χ1) is 29.3. The molecule has 17 heteroatoms. The second-order valence-electron chi connectivity index (χ2n) is 16.8. The van der Waals surface area contributed by atoms with Crippen LogP contribution in [-0.2, 0) is 14.3 Å². The Labute approximate surface area is 346 Å². The smallest absolute Gasteiger partial charge is 0.249 e. The first-order valence-corrected chi connectivity index (χ1v) is 21.0. The molecule has 0 spiro atoms. The number of fused-ring (bicyclic) bond motifs is 3. The van der Waals surface area contributed by atoms with E-state index >= 15 is 4.39 Å². The number of nitrogens with zero attached hydrogens (tertiary/aromatic N) is 11. The number of ether oxygens (including phenoxy) is 1.